The van der Waals surface area contributed by atoms with Gasteiger partial charge in [0, 0.05) is 11.7 Å². The lowest BCUT2D eigenvalue weighted by Crippen LogP contribution is -2.10. The van der Waals surface area contributed by atoms with E-state index in [1.807, 2.05) is 20.8 Å². The molecule has 0 unspecified atom stereocenters. The fourth-order valence-electron chi connectivity index (χ4n) is 0.663. The van der Waals surface area contributed by atoms with Crippen LogP contribution in [0.2, 0.25) is 0 Å². The van der Waals surface area contributed by atoms with Crippen molar-refractivity contribution in [2.45, 2.75) is 30.5 Å². The second kappa shape index (κ2) is 3.02. The first kappa shape index (κ1) is 10.6. The fraction of sp³-hybridized carbons (Fsp3) is 0.714. The number of rotatable bonds is 1. The second-order valence-corrected chi connectivity index (χ2v) is 7.06. The van der Waals surface area contributed by atoms with Crippen LogP contribution in [0.1, 0.15) is 25.8 Å². The van der Waals surface area contributed by atoms with Crippen molar-refractivity contribution < 1.29 is 8.42 Å². The summed E-state index contributed by atoms with van der Waals surface area (Å²) in [4.78, 5) is 0. The van der Waals surface area contributed by atoms with E-state index < -0.39 is 9.84 Å². The number of sulfone groups is 1. The van der Waals surface area contributed by atoms with Crippen LogP contribution in [-0.2, 0) is 15.3 Å². The second-order valence-electron chi connectivity index (χ2n) is 3.90. The smallest absolute Gasteiger partial charge is 0.221 e. The molecule has 4 nitrogen and oxygen atoms in total. The van der Waals surface area contributed by atoms with Crippen molar-refractivity contribution in [2.75, 3.05) is 6.26 Å². The van der Waals surface area contributed by atoms with Crippen LogP contribution >= 0.6 is 11.3 Å². The number of hydrogen-bond donors (Lipinski definition) is 0. The van der Waals surface area contributed by atoms with Crippen LogP contribution in [0, 0.1) is 0 Å². The molecule has 1 rings (SSSR count). The highest BCUT2D eigenvalue weighted by molar-refractivity contribution is 7.92. The molecule has 1 aromatic rings. The number of aromatic nitrogens is 2. The molecule has 0 atom stereocenters. The van der Waals surface area contributed by atoms with E-state index >= 15 is 0 Å². The molecule has 0 saturated heterocycles. The summed E-state index contributed by atoms with van der Waals surface area (Å²) >= 11 is 1.14. The minimum Gasteiger partial charge on any atom is -0.221 e. The summed E-state index contributed by atoms with van der Waals surface area (Å²) in [5.41, 5.74) is -0.138. The predicted octanol–water partition coefficient (Wildman–Crippen LogP) is 1.24. The summed E-state index contributed by atoms with van der Waals surface area (Å²) < 4.78 is 22.3. The van der Waals surface area contributed by atoms with Gasteiger partial charge in [0.2, 0.25) is 14.2 Å². The molecule has 0 aromatic carbocycles. The third kappa shape index (κ3) is 2.47. The third-order valence-corrected chi connectivity index (χ3v) is 4.38. The Balaban J connectivity index is 3.16. The van der Waals surface area contributed by atoms with E-state index in [2.05, 4.69) is 10.2 Å². The Morgan fingerprint density at radius 2 is 1.77 bits per heavy atom. The Labute approximate surface area is 81.9 Å². The minimum absolute atomic E-state index is 0.0948. The molecule has 13 heavy (non-hydrogen) atoms. The number of nitrogens with zero attached hydrogens (tertiary/aromatic N) is 2. The van der Waals surface area contributed by atoms with Gasteiger partial charge in [0.05, 0.1) is 0 Å². The molecule has 0 amide bonds. The van der Waals surface area contributed by atoms with Gasteiger partial charge in [-0.2, -0.15) is 0 Å². The van der Waals surface area contributed by atoms with Crippen molar-refractivity contribution >= 4 is 21.2 Å². The largest absolute Gasteiger partial charge is 0.232 e. The van der Waals surface area contributed by atoms with E-state index in [0.717, 1.165) is 22.6 Å². The maximum atomic E-state index is 11.1. The van der Waals surface area contributed by atoms with Crippen molar-refractivity contribution in [1.82, 2.24) is 10.2 Å². The van der Waals surface area contributed by atoms with Crippen molar-refractivity contribution in [1.29, 1.82) is 0 Å². The normalized spacial score (nSPS) is 13.2. The summed E-state index contributed by atoms with van der Waals surface area (Å²) in [6, 6.07) is 0. The average molecular weight is 220 g/mol. The molecule has 0 aliphatic heterocycles. The molecule has 0 saturated carbocycles. The van der Waals surface area contributed by atoms with Gasteiger partial charge in [-0.3, -0.25) is 0 Å². The summed E-state index contributed by atoms with van der Waals surface area (Å²) in [6.07, 6.45) is 1.14. The van der Waals surface area contributed by atoms with E-state index in [1.165, 1.54) is 0 Å². The molecule has 0 fully saturated rings. The van der Waals surface area contributed by atoms with Crippen molar-refractivity contribution in [3.05, 3.63) is 5.01 Å². The third-order valence-electron chi connectivity index (χ3n) is 1.37. The van der Waals surface area contributed by atoms with Crippen molar-refractivity contribution in [2.24, 2.45) is 0 Å². The zero-order valence-corrected chi connectivity index (χ0v) is 9.66. The van der Waals surface area contributed by atoms with Crippen molar-refractivity contribution in [3.63, 3.8) is 0 Å². The van der Waals surface area contributed by atoms with Gasteiger partial charge in [0.15, 0.2) is 0 Å². The van der Waals surface area contributed by atoms with Gasteiger partial charge in [0.1, 0.15) is 5.01 Å². The zero-order valence-electron chi connectivity index (χ0n) is 8.03. The highest BCUT2D eigenvalue weighted by Gasteiger charge is 2.22. The summed E-state index contributed by atoms with van der Waals surface area (Å²) in [7, 11) is -3.20. The number of hydrogen-bond acceptors (Lipinski definition) is 5. The van der Waals surface area contributed by atoms with E-state index in [4.69, 9.17) is 0 Å². The first-order valence-corrected chi connectivity index (χ1v) is 6.46. The van der Waals surface area contributed by atoms with E-state index in [1.54, 1.807) is 0 Å². The molecule has 0 aliphatic carbocycles. The molecule has 0 N–H and O–H groups in total. The van der Waals surface area contributed by atoms with Gasteiger partial charge >= 0.3 is 0 Å². The van der Waals surface area contributed by atoms with E-state index in [9.17, 15) is 8.42 Å². The lowest BCUT2D eigenvalue weighted by Gasteiger charge is -2.12. The Hall–Kier alpha value is -0.490. The van der Waals surface area contributed by atoms with Gasteiger partial charge < -0.3 is 0 Å². The maximum absolute atomic E-state index is 11.1. The molecule has 1 aromatic heterocycles. The van der Waals surface area contributed by atoms with Gasteiger partial charge in [-0.05, 0) is 0 Å². The zero-order chi connectivity index (χ0) is 10.3. The molecule has 0 aliphatic rings. The van der Waals surface area contributed by atoms with Gasteiger partial charge in [-0.25, -0.2) is 8.42 Å². The SMILES string of the molecule is CC(C)(C)c1nnc(S(C)(=O)=O)s1. The van der Waals surface area contributed by atoms with Gasteiger partial charge in [-0.1, -0.05) is 32.1 Å². The quantitative estimate of drug-likeness (QED) is 0.714. The molecule has 6 heteroatoms. The van der Waals surface area contributed by atoms with Crippen LogP contribution < -0.4 is 0 Å². The van der Waals surface area contributed by atoms with E-state index in [0.29, 0.717) is 0 Å². The van der Waals surface area contributed by atoms with Crippen LogP contribution in [0.3, 0.4) is 0 Å². The molecule has 1 heterocycles. The van der Waals surface area contributed by atoms with Crippen LogP contribution in [0.15, 0.2) is 4.34 Å². The Morgan fingerprint density at radius 1 is 1.23 bits per heavy atom. The first-order valence-electron chi connectivity index (χ1n) is 3.75. The molecule has 0 bridgehead atoms. The standard InChI is InChI=1S/C7H12N2O2S2/c1-7(2,3)5-8-9-6(12-5)13(4,10)11/h1-4H3. The monoisotopic (exact) mass is 220 g/mol. The van der Waals surface area contributed by atoms with Crippen LogP contribution in [0.5, 0.6) is 0 Å². The Bertz CT molecular complexity index is 400. The molecule has 0 spiro atoms. The molecule has 74 valence electrons. The Morgan fingerprint density at radius 3 is 2.00 bits per heavy atom. The van der Waals surface area contributed by atoms with E-state index in [-0.39, 0.29) is 9.75 Å². The van der Waals surface area contributed by atoms with Crippen molar-refractivity contribution in [3.8, 4) is 0 Å². The Kier molecular flexibility index (Phi) is 2.46. The maximum Gasteiger partial charge on any atom is 0.232 e. The predicted molar refractivity (Wildman–Crippen MR) is 51.7 cm³/mol. The van der Waals surface area contributed by atoms with Gasteiger partial charge in [-0.15, -0.1) is 10.2 Å². The fourth-order valence-corrected chi connectivity index (χ4v) is 2.33. The highest BCUT2D eigenvalue weighted by atomic mass is 32.2. The summed E-state index contributed by atoms with van der Waals surface area (Å²) in [6.45, 7) is 5.92. The highest BCUT2D eigenvalue weighted by Crippen LogP contribution is 2.26. The molecular formula is C7H12N2O2S2. The lowest BCUT2D eigenvalue weighted by molar-refractivity contribution is 0.575. The van der Waals surface area contributed by atoms with Gasteiger partial charge in [0.25, 0.3) is 0 Å². The van der Waals surface area contributed by atoms with Crippen LogP contribution in [0.25, 0.3) is 0 Å². The molecular weight excluding hydrogens is 208 g/mol. The molecule has 0 radical (unpaired) electrons. The average Bonchev–Trinajstić information content (AvgIpc) is 2.28. The lowest BCUT2D eigenvalue weighted by atomic mass is 9.98. The van der Waals surface area contributed by atoms with Crippen LogP contribution in [-0.4, -0.2) is 24.9 Å². The minimum atomic E-state index is -3.20. The summed E-state index contributed by atoms with van der Waals surface area (Å²) in [5, 5.41) is 8.22. The topological polar surface area (TPSA) is 59.9 Å². The summed E-state index contributed by atoms with van der Waals surface area (Å²) in [5.74, 6) is 0. The van der Waals surface area contributed by atoms with Crippen LogP contribution in [0.4, 0.5) is 0 Å². The first-order chi connectivity index (χ1) is 5.71.